The Morgan fingerprint density at radius 1 is 1.36 bits per heavy atom. The quantitative estimate of drug-likeness (QED) is 0.763. The Balaban J connectivity index is 2.64. The molecule has 0 unspecified atom stereocenters. The smallest absolute Gasteiger partial charge is 0.125 e. The summed E-state index contributed by atoms with van der Waals surface area (Å²) < 4.78 is 5.41. The Morgan fingerprint density at radius 2 is 2.07 bits per heavy atom. The lowest BCUT2D eigenvalue weighted by atomic mass is 10.1. The summed E-state index contributed by atoms with van der Waals surface area (Å²) in [5, 5.41) is 0.491. The van der Waals surface area contributed by atoms with Crippen LogP contribution in [0, 0.1) is 13.8 Å². The van der Waals surface area contributed by atoms with E-state index in [4.69, 9.17) is 27.9 Å². The third-order valence-corrected chi connectivity index (χ3v) is 2.57. The van der Waals surface area contributed by atoms with Crippen molar-refractivity contribution in [2.24, 2.45) is 0 Å². The van der Waals surface area contributed by atoms with Crippen LogP contribution in [0.5, 0.6) is 5.75 Å². The van der Waals surface area contributed by atoms with Crippen molar-refractivity contribution in [1.29, 1.82) is 0 Å². The van der Waals surface area contributed by atoms with Gasteiger partial charge in [0.1, 0.15) is 12.4 Å². The predicted molar refractivity (Wildman–Crippen MR) is 61.2 cm³/mol. The van der Waals surface area contributed by atoms with Crippen LogP contribution in [0.1, 0.15) is 11.1 Å². The molecule has 14 heavy (non-hydrogen) atoms. The molecule has 1 nitrogen and oxygen atoms in total. The number of hydrogen-bond donors (Lipinski definition) is 0. The molecule has 1 aromatic carbocycles. The molecule has 0 fully saturated rings. The molecule has 0 saturated heterocycles. The van der Waals surface area contributed by atoms with Crippen LogP contribution in [0.15, 0.2) is 28.8 Å². The molecule has 1 rings (SSSR count). The van der Waals surface area contributed by atoms with E-state index in [1.165, 1.54) is 16.7 Å². The molecule has 3 heteroatoms. The monoisotopic (exact) mass is 230 g/mol. The van der Waals surface area contributed by atoms with Crippen LogP contribution < -0.4 is 4.74 Å². The van der Waals surface area contributed by atoms with Gasteiger partial charge in [-0.3, -0.25) is 0 Å². The van der Waals surface area contributed by atoms with Crippen LogP contribution in [0.25, 0.3) is 0 Å². The van der Waals surface area contributed by atoms with E-state index in [0.29, 0.717) is 11.6 Å². The van der Waals surface area contributed by atoms with Gasteiger partial charge >= 0.3 is 0 Å². The Morgan fingerprint density at radius 3 is 2.64 bits per heavy atom. The molecule has 0 amide bonds. The van der Waals surface area contributed by atoms with E-state index in [2.05, 4.69) is 6.92 Å². The first-order valence-electron chi connectivity index (χ1n) is 4.28. The summed E-state index contributed by atoms with van der Waals surface area (Å²) >= 11 is 11.1. The van der Waals surface area contributed by atoms with Gasteiger partial charge in [-0.2, -0.15) is 0 Å². The lowest BCUT2D eigenvalue weighted by Gasteiger charge is -2.07. The van der Waals surface area contributed by atoms with Gasteiger partial charge in [-0.15, -0.1) is 0 Å². The first-order chi connectivity index (χ1) is 6.63. The molecule has 0 heterocycles. The van der Waals surface area contributed by atoms with Crippen LogP contribution in [0.3, 0.4) is 0 Å². The molecule has 0 spiro atoms. The van der Waals surface area contributed by atoms with Crippen molar-refractivity contribution in [2.45, 2.75) is 13.8 Å². The third kappa shape index (κ3) is 3.24. The molecule has 0 radical (unpaired) electrons. The highest BCUT2D eigenvalue weighted by atomic mass is 35.5. The number of hydrogen-bond acceptors (Lipinski definition) is 1. The number of benzene rings is 1. The predicted octanol–water partition coefficient (Wildman–Crippen LogP) is 4.00. The summed E-state index contributed by atoms with van der Waals surface area (Å²) in [6, 6.07) is 5.91. The zero-order valence-corrected chi connectivity index (χ0v) is 9.69. The van der Waals surface area contributed by atoms with Crippen LogP contribution in [0.4, 0.5) is 0 Å². The van der Waals surface area contributed by atoms with Gasteiger partial charge in [0.25, 0.3) is 0 Å². The number of aryl methyl sites for hydroxylation is 2. The Bertz CT molecular complexity index is 345. The van der Waals surface area contributed by atoms with Gasteiger partial charge in [-0.1, -0.05) is 29.3 Å². The maximum absolute atomic E-state index is 5.69. The molecular weight excluding hydrogens is 219 g/mol. The second-order valence-corrected chi connectivity index (χ2v) is 3.79. The van der Waals surface area contributed by atoms with Crippen molar-refractivity contribution in [1.82, 2.24) is 0 Å². The number of rotatable bonds is 3. The average Bonchev–Trinajstić information content (AvgIpc) is 2.19. The van der Waals surface area contributed by atoms with Crippen molar-refractivity contribution in [3.8, 4) is 5.75 Å². The summed E-state index contributed by atoms with van der Waals surface area (Å²) in [7, 11) is 0. The zero-order valence-electron chi connectivity index (χ0n) is 8.18. The number of halogens is 2. The van der Waals surface area contributed by atoms with E-state index in [1.807, 2.05) is 25.1 Å². The minimum atomic E-state index is 0.313. The highest BCUT2D eigenvalue weighted by Crippen LogP contribution is 2.17. The average molecular weight is 231 g/mol. The van der Waals surface area contributed by atoms with Crippen molar-refractivity contribution in [2.75, 3.05) is 6.61 Å². The molecule has 76 valence electrons. The van der Waals surface area contributed by atoms with Crippen molar-refractivity contribution in [3.05, 3.63) is 39.9 Å². The largest absolute Gasteiger partial charge is 0.488 e. The minimum absolute atomic E-state index is 0.313. The summed E-state index contributed by atoms with van der Waals surface area (Å²) in [6.07, 6.45) is 0. The molecule has 0 aliphatic carbocycles. The van der Waals surface area contributed by atoms with E-state index in [0.717, 1.165) is 5.75 Å². The van der Waals surface area contributed by atoms with Crippen LogP contribution in [-0.2, 0) is 0 Å². The number of ether oxygens (including phenoxy) is 1. The van der Waals surface area contributed by atoms with Crippen LogP contribution >= 0.6 is 23.2 Å². The van der Waals surface area contributed by atoms with E-state index >= 15 is 0 Å². The Labute approximate surface area is 94.3 Å². The molecule has 0 aliphatic rings. The van der Waals surface area contributed by atoms with E-state index < -0.39 is 0 Å². The lowest BCUT2D eigenvalue weighted by molar-refractivity contribution is 0.359. The molecule has 0 saturated carbocycles. The zero-order chi connectivity index (χ0) is 10.6. The summed E-state index contributed by atoms with van der Waals surface area (Å²) in [5.74, 6) is 0.810. The first-order valence-corrected chi connectivity index (χ1v) is 5.09. The molecule has 0 aromatic heterocycles. The Kier molecular flexibility index (Phi) is 4.30. The normalized spacial score (nSPS) is 11.6. The maximum atomic E-state index is 5.69. The van der Waals surface area contributed by atoms with Crippen LogP contribution in [0.2, 0.25) is 0 Å². The lowest BCUT2D eigenvalue weighted by Crippen LogP contribution is -1.97. The van der Waals surface area contributed by atoms with Crippen molar-refractivity contribution >= 4 is 23.2 Å². The first kappa shape index (κ1) is 11.4. The molecule has 0 aliphatic heterocycles. The standard InChI is InChI=1S/C11H12Cl2O/c1-8-3-4-11(5-9(8)2)14-7-10(13)6-12/h3-6H,7H2,1-2H3/b10-6-. The van der Waals surface area contributed by atoms with Gasteiger partial charge in [0, 0.05) is 5.54 Å². The fourth-order valence-electron chi connectivity index (χ4n) is 0.987. The van der Waals surface area contributed by atoms with E-state index in [1.54, 1.807) is 0 Å². The highest BCUT2D eigenvalue weighted by Gasteiger charge is 1.98. The third-order valence-electron chi connectivity index (χ3n) is 1.97. The second-order valence-electron chi connectivity index (χ2n) is 3.09. The summed E-state index contributed by atoms with van der Waals surface area (Å²) in [5.41, 5.74) is 3.76. The molecule has 0 N–H and O–H groups in total. The van der Waals surface area contributed by atoms with E-state index in [9.17, 15) is 0 Å². The maximum Gasteiger partial charge on any atom is 0.125 e. The van der Waals surface area contributed by atoms with Gasteiger partial charge in [-0.05, 0) is 37.1 Å². The SMILES string of the molecule is Cc1ccc(OC/C(Cl)=C/Cl)cc1C. The second kappa shape index (κ2) is 5.28. The van der Waals surface area contributed by atoms with Crippen LogP contribution in [-0.4, -0.2) is 6.61 Å². The van der Waals surface area contributed by atoms with Crippen molar-refractivity contribution < 1.29 is 4.74 Å². The molecule has 0 atom stereocenters. The minimum Gasteiger partial charge on any atom is -0.488 e. The molecular formula is C11H12Cl2O. The van der Waals surface area contributed by atoms with Gasteiger partial charge in [0.15, 0.2) is 0 Å². The fourth-order valence-corrected chi connectivity index (χ4v) is 1.11. The Hall–Kier alpha value is -0.660. The van der Waals surface area contributed by atoms with Gasteiger partial charge in [0.05, 0.1) is 5.03 Å². The van der Waals surface area contributed by atoms with Gasteiger partial charge < -0.3 is 4.74 Å². The fraction of sp³-hybridized carbons (Fsp3) is 0.273. The molecule has 1 aromatic rings. The summed E-state index contributed by atoms with van der Waals surface area (Å²) in [6.45, 7) is 4.42. The van der Waals surface area contributed by atoms with Crippen molar-refractivity contribution in [3.63, 3.8) is 0 Å². The van der Waals surface area contributed by atoms with Gasteiger partial charge in [-0.25, -0.2) is 0 Å². The highest BCUT2D eigenvalue weighted by molar-refractivity contribution is 6.36. The van der Waals surface area contributed by atoms with Gasteiger partial charge in [0.2, 0.25) is 0 Å². The van der Waals surface area contributed by atoms with E-state index in [-0.39, 0.29) is 0 Å². The molecule has 0 bridgehead atoms. The summed E-state index contributed by atoms with van der Waals surface area (Å²) in [4.78, 5) is 0. The topological polar surface area (TPSA) is 9.23 Å².